The molecule has 2 rings (SSSR count). The molecule has 1 saturated carbocycles. The van der Waals surface area contributed by atoms with Gasteiger partial charge in [0.25, 0.3) is 0 Å². The number of ether oxygens (including phenoxy) is 1. The summed E-state index contributed by atoms with van der Waals surface area (Å²) in [6.45, 7) is 8.15. The SMILES string of the molecule is CC(C)CNCc1nnc(NCCOCC2CC2)o1. The molecule has 1 fully saturated rings. The standard InChI is InChI=1S/C13H24N4O2/c1-10(2)7-14-8-12-16-17-13(19-12)15-5-6-18-9-11-3-4-11/h10-11,14H,3-9H2,1-2H3,(H,15,17). The van der Waals surface area contributed by atoms with Crippen LogP contribution in [0, 0.1) is 11.8 Å². The fourth-order valence-corrected chi connectivity index (χ4v) is 1.63. The van der Waals surface area contributed by atoms with Gasteiger partial charge in [0.05, 0.1) is 13.2 Å². The number of rotatable bonds is 10. The van der Waals surface area contributed by atoms with Gasteiger partial charge < -0.3 is 19.8 Å². The van der Waals surface area contributed by atoms with Crippen LogP contribution in [0.5, 0.6) is 0 Å². The van der Waals surface area contributed by atoms with E-state index in [1.807, 2.05) is 0 Å². The summed E-state index contributed by atoms with van der Waals surface area (Å²) in [5, 5.41) is 14.2. The van der Waals surface area contributed by atoms with E-state index in [0.717, 1.165) is 19.1 Å². The van der Waals surface area contributed by atoms with Crippen molar-refractivity contribution in [1.29, 1.82) is 0 Å². The van der Waals surface area contributed by atoms with Gasteiger partial charge in [0.2, 0.25) is 5.89 Å². The van der Waals surface area contributed by atoms with Crippen molar-refractivity contribution in [2.45, 2.75) is 33.2 Å². The molecular weight excluding hydrogens is 244 g/mol. The maximum absolute atomic E-state index is 5.51. The van der Waals surface area contributed by atoms with Crippen LogP contribution in [0.1, 0.15) is 32.6 Å². The van der Waals surface area contributed by atoms with E-state index in [9.17, 15) is 0 Å². The van der Waals surface area contributed by atoms with Gasteiger partial charge >= 0.3 is 6.01 Å². The Labute approximate surface area is 114 Å². The molecule has 0 atom stereocenters. The zero-order valence-corrected chi connectivity index (χ0v) is 11.8. The molecule has 0 aliphatic heterocycles. The molecule has 0 unspecified atom stereocenters. The van der Waals surface area contributed by atoms with E-state index >= 15 is 0 Å². The van der Waals surface area contributed by atoms with Gasteiger partial charge in [0, 0.05) is 13.2 Å². The molecule has 1 aromatic heterocycles. The van der Waals surface area contributed by atoms with E-state index in [2.05, 4.69) is 34.7 Å². The lowest BCUT2D eigenvalue weighted by Crippen LogP contribution is -2.19. The summed E-state index contributed by atoms with van der Waals surface area (Å²) < 4.78 is 11.0. The van der Waals surface area contributed by atoms with Crippen LogP contribution in [-0.4, -0.2) is 36.5 Å². The smallest absolute Gasteiger partial charge is 0.315 e. The van der Waals surface area contributed by atoms with Crippen molar-refractivity contribution in [3.63, 3.8) is 0 Å². The third kappa shape index (κ3) is 6.02. The molecule has 1 aromatic rings. The Morgan fingerprint density at radius 1 is 1.37 bits per heavy atom. The Hall–Kier alpha value is -1.14. The number of hydrogen-bond acceptors (Lipinski definition) is 6. The largest absolute Gasteiger partial charge is 0.407 e. The van der Waals surface area contributed by atoms with Crippen LogP contribution in [-0.2, 0) is 11.3 Å². The fourth-order valence-electron chi connectivity index (χ4n) is 1.63. The Bertz CT molecular complexity index is 363. The second-order valence-electron chi connectivity index (χ2n) is 5.47. The van der Waals surface area contributed by atoms with Crippen LogP contribution < -0.4 is 10.6 Å². The predicted octanol–water partition coefficient (Wildman–Crippen LogP) is 1.65. The first-order valence-electron chi connectivity index (χ1n) is 7.08. The molecular formula is C13H24N4O2. The monoisotopic (exact) mass is 268 g/mol. The first-order chi connectivity index (χ1) is 9.24. The van der Waals surface area contributed by atoms with Crippen LogP contribution >= 0.6 is 0 Å². The summed E-state index contributed by atoms with van der Waals surface area (Å²) in [4.78, 5) is 0. The normalized spacial score (nSPS) is 15.1. The summed E-state index contributed by atoms with van der Waals surface area (Å²) in [6, 6.07) is 0.469. The van der Waals surface area contributed by atoms with Crippen molar-refractivity contribution in [1.82, 2.24) is 15.5 Å². The highest BCUT2D eigenvalue weighted by Gasteiger charge is 2.20. The van der Waals surface area contributed by atoms with E-state index in [1.54, 1.807) is 0 Å². The first-order valence-corrected chi connectivity index (χ1v) is 7.08. The molecule has 0 saturated heterocycles. The van der Waals surface area contributed by atoms with Gasteiger partial charge in [-0.25, -0.2) is 0 Å². The minimum atomic E-state index is 0.469. The Morgan fingerprint density at radius 2 is 2.21 bits per heavy atom. The first kappa shape index (κ1) is 14.3. The van der Waals surface area contributed by atoms with Crippen LogP contribution in [0.2, 0.25) is 0 Å². The van der Waals surface area contributed by atoms with Crippen molar-refractivity contribution in [3.8, 4) is 0 Å². The third-order valence-electron chi connectivity index (χ3n) is 2.87. The van der Waals surface area contributed by atoms with Gasteiger partial charge in [0.15, 0.2) is 0 Å². The molecule has 0 bridgehead atoms. The third-order valence-corrected chi connectivity index (χ3v) is 2.87. The van der Waals surface area contributed by atoms with Crippen LogP contribution in [0.15, 0.2) is 4.42 Å². The van der Waals surface area contributed by atoms with E-state index < -0.39 is 0 Å². The highest BCUT2D eigenvalue weighted by Crippen LogP contribution is 2.28. The van der Waals surface area contributed by atoms with Crippen LogP contribution in [0.25, 0.3) is 0 Å². The quantitative estimate of drug-likeness (QED) is 0.629. The second-order valence-corrected chi connectivity index (χ2v) is 5.47. The molecule has 6 nitrogen and oxygen atoms in total. The average Bonchev–Trinajstić information content (AvgIpc) is 3.08. The Morgan fingerprint density at radius 3 is 2.95 bits per heavy atom. The minimum absolute atomic E-state index is 0.469. The van der Waals surface area contributed by atoms with Crippen LogP contribution in [0.3, 0.4) is 0 Å². The van der Waals surface area contributed by atoms with Gasteiger partial charge in [-0.05, 0) is 31.2 Å². The lowest BCUT2D eigenvalue weighted by Gasteiger charge is -2.04. The van der Waals surface area contributed by atoms with Crippen molar-refractivity contribution in [2.75, 3.05) is 31.6 Å². The number of nitrogens with one attached hydrogen (secondary N) is 2. The van der Waals surface area contributed by atoms with Gasteiger partial charge in [-0.2, -0.15) is 0 Å². The van der Waals surface area contributed by atoms with E-state index in [1.165, 1.54) is 12.8 Å². The number of nitrogens with zero attached hydrogens (tertiary/aromatic N) is 2. The van der Waals surface area contributed by atoms with E-state index in [4.69, 9.17) is 9.15 Å². The summed E-state index contributed by atoms with van der Waals surface area (Å²) in [6.07, 6.45) is 2.65. The topological polar surface area (TPSA) is 72.2 Å². The summed E-state index contributed by atoms with van der Waals surface area (Å²) in [5.41, 5.74) is 0. The Balaban J connectivity index is 1.54. The van der Waals surface area contributed by atoms with E-state index in [0.29, 0.717) is 37.5 Å². The molecule has 108 valence electrons. The molecule has 0 amide bonds. The summed E-state index contributed by atoms with van der Waals surface area (Å²) >= 11 is 0. The molecule has 19 heavy (non-hydrogen) atoms. The second kappa shape index (κ2) is 7.45. The zero-order valence-electron chi connectivity index (χ0n) is 11.8. The Kier molecular flexibility index (Phi) is 5.60. The predicted molar refractivity (Wildman–Crippen MR) is 72.9 cm³/mol. The minimum Gasteiger partial charge on any atom is -0.407 e. The molecule has 0 radical (unpaired) electrons. The number of anilines is 1. The lowest BCUT2D eigenvalue weighted by atomic mass is 10.2. The van der Waals surface area contributed by atoms with Gasteiger partial charge in [-0.3, -0.25) is 0 Å². The highest BCUT2D eigenvalue weighted by molar-refractivity contribution is 5.16. The molecule has 1 heterocycles. The van der Waals surface area contributed by atoms with Gasteiger partial charge in [-0.15, -0.1) is 5.10 Å². The molecule has 2 N–H and O–H groups in total. The van der Waals surface area contributed by atoms with Crippen molar-refractivity contribution in [3.05, 3.63) is 5.89 Å². The number of aromatic nitrogens is 2. The molecule has 1 aliphatic rings. The van der Waals surface area contributed by atoms with Crippen molar-refractivity contribution < 1.29 is 9.15 Å². The maximum Gasteiger partial charge on any atom is 0.315 e. The zero-order chi connectivity index (χ0) is 13.5. The van der Waals surface area contributed by atoms with Crippen molar-refractivity contribution in [2.24, 2.45) is 11.8 Å². The highest BCUT2D eigenvalue weighted by atomic mass is 16.5. The molecule has 0 aromatic carbocycles. The molecule has 1 aliphatic carbocycles. The maximum atomic E-state index is 5.51. The summed E-state index contributed by atoms with van der Waals surface area (Å²) in [5.74, 6) is 2.04. The number of hydrogen-bond donors (Lipinski definition) is 2. The molecule has 0 spiro atoms. The van der Waals surface area contributed by atoms with Gasteiger partial charge in [0.1, 0.15) is 0 Å². The average molecular weight is 268 g/mol. The van der Waals surface area contributed by atoms with Gasteiger partial charge in [-0.1, -0.05) is 18.9 Å². The van der Waals surface area contributed by atoms with E-state index in [-0.39, 0.29) is 0 Å². The van der Waals surface area contributed by atoms with Crippen LogP contribution in [0.4, 0.5) is 6.01 Å². The fraction of sp³-hybridized carbons (Fsp3) is 0.846. The summed E-state index contributed by atoms with van der Waals surface area (Å²) in [7, 11) is 0. The molecule has 6 heteroatoms. The lowest BCUT2D eigenvalue weighted by molar-refractivity contribution is 0.133. The van der Waals surface area contributed by atoms with Crippen molar-refractivity contribution >= 4 is 6.01 Å².